The lowest BCUT2D eigenvalue weighted by Gasteiger charge is -2.14. The summed E-state index contributed by atoms with van der Waals surface area (Å²) in [4.78, 5) is 23.7. The minimum Gasteiger partial charge on any atom is -0.465 e. The fraction of sp³-hybridized carbons (Fsp3) is 0.154. The van der Waals surface area contributed by atoms with Gasteiger partial charge in [0, 0.05) is 11.5 Å². The lowest BCUT2D eigenvalue weighted by molar-refractivity contribution is 0.0600. The second-order valence-corrected chi connectivity index (χ2v) is 7.05. The summed E-state index contributed by atoms with van der Waals surface area (Å²) in [7, 11) is 1.33. The number of alkyl carbamates (subject to hydrolysis) is 1. The molecule has 0 aliphatic heterocycles. The molecule has 1 amide bonds. The number of benzene rings is 3. The molecule has 0 atom stereocenters. The molecule has 1 N–H and O–H groups in total. The van der Waals surface area contributed by atoms with Crippen molar-refractivity contribution in [2.24, 2.45) is 0 Å². The first-order valence-electron chi connectivity index (χ1n) is 9.93. The van der Waals surface area contributed by atoms with Crippen molar-refractivity contribution in [1.29, 1.82) is 0 Å². The van der Waals surface area contributed by atoms with E-state index in [1.54, 1.807) is 24.3 Å². The van der Waals surface area contributed by atoms with Gasteiger partial charge in [-0.25, -0.2) is 9.59 Å². The second-order valence-electron chi connectivity index (χ2n) is 7.05. The molecule has 0 spiro atoms. The summed E-state index contributed by atoms with van der Waals surface area (Å²) < 4.78 is 10.2. The van der Waals surface area contributed by atoms with Gasteiger partial charge in [0.05, 0.1) is 19.2 Å². The predicted molar refractivity (Wildman–Crippen MR) is 118 cm³/mol. The van der Waals surface area contributed by atoms with Crippen LogP contribution < -0.4 is 5.32 Å². The molecular weight excluding hydrogens is 390 g/mol. The van der Waals surface area contributed by atoms with Crippen LogP contribution in [0.25, 0.3) is 11.1 Å². The van der Waals surface area contributed by atoms with Crippen molar-refractivity contribution in [2.45, 2.75) is 5.92 Å². The van der Waals surface area contributed by atoms with Gasteiger partial charge >= 0.3 is 12.1 Å². The number of methoxy groups -OCH3 is 1. The van der Waals surface area contributed by atoms with Gasteiger partial charge in [-0.1, -0.05) is 66.4 Å². The minimum atomic E-state index is -0.514. The standard InChI is InChI=1S/C26H21NO4/c1-30-25(28)19-10-6-8-18(16-19)9-7-15-27-26(29)31-17-24-22-13-4-2-11-20(22)21-12-3-5-14-23(21)24/h2-6,8,10-14,16,24H,15,17H2,1H3,(H,27,29). The smallest absolute Gasteiger partial charge is 0.407 e. The Balaban J connectivity index is 1.33. The average Bonchev–Trinajstić information content (AvgIpc) is 3.14. The summed E-state index contributed by atoms with van der Waals surface area (Å²) >= 11 is 0. The monoisotopic (exact) mass is 411 g/mol. The molecule has 3 aromatic carbocycles. The average molecular weight is 411 g/mol. The van der Waals surface area contributed by atoms with Crippen LogP contribution in [-0.2, 0) is 9.47 Å². The maximum atomic E-state index is 12.2. The molecule has 1 aliphatic rings. The molecule has 0 saturated heterocycles. The Morgan fingerprint density at radius 3 is 2.29 bits per heavy atom. The van der Waals surface area contributed by atoms with Crippen LogP contribution in [0.1, 0.15) is 33.0 Å². The summed E-state index contributed by atoms with van der Waals surface area (Å²) in [5, 5.41) is 2.65. The highest BCUT2D eigenvalue weighted by Crippen LogP contribution is 2.44. The number of amides is 1. The quantitative estimate of drug-likeness (QED) is 0.512. The first-order chi connectivity index (χ1) is 15.2. The molecule has 1 aliphatic carbocycles. The van der Waals surface area contributed by atoms with Crippen molar-refractivity contribution in [3.05, 3.63) is 95.1 Å². The van der Waals surface area contributed by atoms with Gasteiger partial charge in [0.25, 0.3) is 0 Å². The molecule has 3 aromatic rings. The number of esters is 1. The van der Waals surface area contributed by atoms with E-state index >= 15 is 0 Å². The van der Waals surface area contributed by atoms with E-state index in [1.807, 2.05) is 24.3 Å². The molecular formula is C26H21NO4. The lowest BCUT2D eigenvalue weighted by Crippen LogP contribution is -2.26. The number of rotatable bonds is 4. The fourth-order valence-electron chi connectivity index (χ4n) is 3.75. The Morgan fingerprint density at radius 2 is 1.61 bits per heavy atom. The predicted octanol–water partition coefficient (Wildman–Crippen LogP) is 4.36. The zero-order chi connectivity index (χ0) is 21.6. The largest absolute Gasteiger partial charge is 0.465 e. The molecule has 0 unspecified atom stereocenters. The summed E-state index contributed by atoms with van der Waals surface area (Å²) in [6.45, 7) is 0.396. The molecule has 4 rings (SSSR count). The fourth-order valence-corrected chi connectivity index (χ4v) is 3.75. The molecule has 0 fully saturated rings. The van der Waals surface area contributed by atoms with Gasteiger partial charge in [-0.15, -0.1) is 0 Å². The molecule has 0 saturated carbocycles. The van der Waals surface area contributed by atoms with Crippen LogP contribution in [0, 0.1) is 11.8 Å². The van der Waals surface area contributed by atoms with E-state index < -0.39 is 12.1 Å². The Kier molecular flexibility index (Phi) is 6.00. The molecule has 0 heterocycles. The van der Waals surface area contributed by atoms with Crippen molar-refractivity contribution in [3.8, 4) is 23.0 Å². The first-order valence-corrected chi connectivity index (χ1v) is 9.93. The van der Waals surface area contributed by atoms with E-state index in [-0.39, 0.29) is 19.1 Å². The van der Waals surface area contributed by atoms with Crippen LogP contribution in [0.5, 0.6) is 0 Å². The van der Waals surface area contributed by atoms with Crippen LogP contribution in [0.15, 0.2) is 72.8 Å². The zero-order valence-corrected chi connectivity index (χ0v) is 17.1. The Morgan fingerprint density at radius 1 is 0.935 bits per heavy atom. The van der Waals surface area contributed by atoms with E-state index in [9.17, 15) is 9.59 Å². The van der Waals surface area contributed by atoms with Crippen LogP contribution in [0.2, 0.25) is 0 Å². The highest BCUT2D eigenvalue weighted by atomic mass is 16.5. The van der Waals surface area contributed by atoms with Gasteiger partial charge in [0.2, 0.25) is 0 Å². The maximum Gasteiger partial charge on any atom is 0.407 e. The number of carbonyl (C=O) groups excluding carboxylic acids is 2. The molecule has 5 heteroatoms. The van der Waals surface area contributed by atoms with Gasteiger partial charge in [-0.05, 0) is 40.5 Å². The van der Waals surface area contributed by atoms with E-state index in [4.69, 9.17) is 9.47 Å². The second kappa shape index (κ2) is 9.19. The highest BCUT2D eigenvalue weighted by molar-refractivity contribution is 5.89. The lowest BCUT2D eigenvalue weighted by atomic mass is 9.98. The number of ether oxygens (including phenoxy) is 2. The normalized spacial score (nSPS) is 11.5. The molecule has 31 heavy (non-hydrogen) atoms. The Bertz CT molecular complexity index is 1140. The van der Waals surface area contributed by atoms with Gasteiger partial charge in [-0.2, -0.15) is 0 Å². The van der Waals surface area contributed by atoms with Crippen molar-refractivity contribution < 1.29 is 19.1 Å². The molecule has 0 bridgehead atoms. The van der Waals surface area contributed by atoms with Crippen molar-refractivity contribution in [2.75, 3.05) is 20.3 Å². The van der Waals surface area contributed by atoms with Crippen LogP contribution in [0.3, 0.4) is 0 Å². The topological polar surface area (TPSA) is 64.6 Å². The first kappa shape index (κ1) is 20.2. The number of carbonyl (C=O) groups is 2. The number of fused-ring (bicyclic) bond motifs is 3. The summed E-state index contributed by atoms with van der Waals surface area (Å²) in [5.74, 6) is 5.38. The van der Waals surface area contributed by atoms with E-state index in [1.165, 1.54) is 29.4 Å². The third kappa shape index (κ3) is 4.44. The van der Waals surface area contributed by atoms with E-state index in [0.717, 1.165) is 0 Å². The Hall–Kier alpha value is -4.04. The number of nitrogens with one attached hydrogen (secondary N) is 1. The summed E-state index contributed by atoms with van der Waals surface area (Å²) in [5.41, 5.74) is 5.80. The molecule has 0 aromatic heterocycles. The number of hydrogen-bond donors (Lipinski definition) is 1. The van der Waals surface area contributed by atoms with Gasteiger partial charge < -0.3 is 14.8 Å². The minimum absolute atomic E-state index is 0.0188. The zero-order valence-electron chi connectivity index (χ0n) is 17.1. The summed E-state index contributed by atoms with van der Waals surface area (Å²) in [6, 6.07) is 23.2. The van der Waals surface area contributed by atoms with Crippen molar-refractivity contribution >= 4 is 12.1 Å². The van der Waals surface area contributed by atoms with Crippen molar-refractivity contribution in [1.82, 2.24) is 5.32 Å². The highest BCUT2D eigenvalue weighted by Gasteiger charge is 2.28. The van der Waals surface area contributed by atoms with Gasteiger partial charge in [-0.3, -0.25) is 0 Å². The van der Waals surface area contributed by atoms with Gasteiger partial charge in [0.1, 0.15) is 6.61 Å². The molecule has 5 nitrogen and oxygen atoms in total. The van der Waals surface area contributed by atoms with Gasteiger partial charge in [0.15, 0.2) is 0 Å². The van der Waals surface area contributed by atoms with Crippen LogP contribution >= 0.6 is 0 Å². The maximum absolute atomic E-state index is 12.2. The number of hydrogen-bond acceptors (Lipinski definition) is 4. The molecule has 0 radical (unpaired) electrons. The van der Waals surface area contributed by atoms with Crippen molar-refractivity contribution in [3.63, 3.8) is 0 Å². The third-order valence-electron chi connectivity index (χ3n) is 5.18. The van der Waals surface area contributed by atoms with Crippen LogP contribution in [0.4, 0.5) is 4.79 Å². The molecule has 154 valence electrons. The summed E-state index contributed by atoms with van der Waals surface area (Å²) in [6.07, 6.45) is -0.514. The third-order valence-corrected chi connectivity index (χ3v) is 5.18. The van der Waals surface area contributed by atoms with E-state index in [2.05, 4.69) is 41.4 Å². The SMILES string of the molecule is COC(=O)c1cccc(C#CCNC(=O)OCC2c3ccccc3-c3ccccc32)c1. The Labute approximate surface area is 181 Å². The van der Waals surface area contributed by atoms with E-state index in [0.29, 0.717) is 11.1 Å². The van der Waals surface area contributed by atoms with Crippen LogP contribution in [-0.4, -0.2) is 32.3 Å².